The van der Waals surface area contributed by atoms with Gasteiger partial charge >= 0.3 is 0 Å². The average molecular weight is 426 g/mol. The third-order valence-corrected chi connectivity index (χ3v) is 7.40. The number of aryl methyl sites for hydroxylation is 2. The molecule has 5 nitrogen and oxygen atoms in total. The van der Waals surface area contributed by atoms with Crippen LogP contribution in [0.2, 0.25) is 0 Å². The summed E-state index contributed by atoms with van der Waals surface area (Å²) in [6.07, 6.45) is 3.74. The molecular formula is C22H23N3O2S2. The van der Waals surface area contributed by atoms with Crippen molar-refractivity contribution in [2.45, 2.75) is 49.7 Å². The molecule has 1 aromatic carbocycles. The molecule has 1 saturated carbocycles. The Morgan fingerprint density at radius 1 is 1.38 bits per heavy atom. The molecule has 0 unspecified atom stereocenters. The van der Waals surface area contributed by atoms with Gasteiger partial charge in [0.15, 0.2) is 5.16 Å². The van der Waals surface area contributed by atoms with Crippen molar-refractivity contribution in [3.8, 4) is 0 Å². The first kappa shape index (κ1) is 19.9. The van der Waals surface area contributed by atoms with Crippen LogP contribution in [-0.2, 0) is 11.3 Å². The van der Waals surface area contributed by atoms with E-state index in [0.29, 0.717) is 17.1 Å². The predicted octanol–water partition coefficient (Wildman–Crippen LogP) is 4.37. The topological polar surface area (TPSA) is 64.0 Å². The second-order valence-corrected chi connectivity index (χ2v) is 9.53. The Morgan fingerprint density at radius 2 is 2.10 bits per heavy atom. The molecule has 3 aromatic rings. The van der Waals surface area contributed by atoms with E-state index in [1.807, 2.05) is 44.2 Å². The molecule has 1 aliphatic rings. The van der Waals surface area contributed by atoms with Crippen LogP contribution in [0.25, 0.3) is 10.2 Å². The van der Waals surface area contributed by atoms with Crippen LogP contribution in [0, 0.1) is 13.8 Å². The third-order valence-electron chi connectivity index (χ3n) is 5.05. The van der Waals surface area contributed by atoms with Crippen LogP contribution >= 0.6 is 23.1 Å². The number of thioether (sulfide) groups is 1. The smallest absolute Gasteiger partial charge is 0.263 e. The van der Waals surface area contributed by atoms with E-state index in [9.17, 15) is 9.59 Å². The van der Waals surface area contributed by atoms with Gasteiger partial charge in [0.2, 0.25) is 5.91 Å². The number of nitrogens with zero attached hydrogens (tertiary/aromatic N) is 2. The number of fused-ring (bicyclic) bond motifs is 1. The lowest BCUT2D eigenvalue weighted by atomic mass is 10.1. The average Bonchev–Trinajstić information content (AvgIpc) is 3.47. The van der Waals surface area contributed by atoms with Crippen molar-refractivity contribution in [2.75, 3.05) is 0 Å². The van der Waals surface area contributed by atoms with Gasteiger partial charge in [-0.2, -0.15) is 0 Å². The molecule has 1 fully saturated rings. The first-order valence-electron chi connectivity index (χ1n) is 9.63. The van der Waals surface area contributed by atoms with Crippen LogP contribution in [0.4, 0.5) is 0 Å². The number of hydrogen-bond acceptors (Lipinski definition) is 5. The zero-order valence-electron chi connectivity index (χ0n) is 16.5. The Balaban J connectivity index is 1.80. The Kier molecular flexibility index (Phi) is 5.61. The summed E-state index contributed by atoms with van der Waals surface area (Å²) in [7, 11) is 0. The Hall–Kier alpha value is -2.38. The standard InChI is InChI=1S/C22H23N3O2S2/c1-4-12-25-21(27)17-13(2)14(3)28-20(17)24-22(25)29-18(15-8-6-5-7-9-15)19(26)23-16-10-11-16/h4-9,16,18H,1,10-12H2,2-3H3,(H,23,26)/t18-/m0/s1. The van der Waals surface area contributed by atoms with Gasteiger partial charge in [-0.05, 0) is 37.8 Å². The molecule has 1 aliphatic carbocycles. The van der Waals surface area contributed by atoms with Crippen molar-refractivity contribution in [1.82, 2.24) is 14.9 Å². The molecule has 0 radical (unpaired) electrons. The second-order valence-electron chi connectivity index (χ2n) is 7.25. The van der Waals surface area contributed by atoms with Crippen molar-refractivity contribution in [2.24, 2.45) is 0 Å². The molecule has 1 amide bonds. The highest BCUT2D eigenvalue weighted by molar-refractivity contribution is 8.00. The van der Waals surface area contributed by atoms with Crippen LogP contribution in [-0.4, -0.2) is 21.5 Å². The van der Waals surface area contributed by atoms with Gasteiger partial charge in [-0.3, -0.25) is 14.2 Å². The summed E-state index contributed by atoms with van der Waals surface area (Å²) in [5.74, 6) is -0.0401. The number of thiophene rings is 1. The summed E-state index contributed by atoms with van der Waals surface area (Å²) < 4.78 is 1.62. The molecule has 7 heteroatoms. The summed E-state index contributed by atoms with van der Waals surface area (Å²) in [6, 6.07) is 9.93. The fourth-order valence-corrected chi connectivity index (χ4v) is 5.38. The minimum absolute atomic E-state index is 0.0401. The van der Waals surface area contributed by atoms with Gasteiger partial charge < -0.3 is 5.32 Å². The number of amides is 1. The molecule has 0 bridgehead atoms. The lowest BCUT2D eigenvalue weighted by Crippen LogP contribution is -2.30. The van der Waals surface area contributed by atoms with Gasteiger partial charge in [0.25, 0.3) is 5.56 Å². The lowest BCUT2D eigenvalue weighted by Gasteiger charge is -2.18. The van der Waals surface area contributed by atoms with E-state index >= 15 is 0 Å². The molecule has 150 valence electrons. The lowest BCUT2D eigenvalue weighted by molar-refractivity contribution is -0.120. The van der Waals surface area contributed by atoms with Gasteiger partial charge in [-0.15, -0.1) is 17.9 Å². The quantitative estimate of drug-likeness (QED) is 0.347. The SMILES string of the molecule is C=CCn1c(S[C@H](C(=O)NC2CC2)c2ccccc2)nc2sc(C)c(C)c2c1=O. The van der Waals surface area contributed by atoms with Crippen molar-refractivity contribution in [3.63, 3.8) is 0 Å². The van der Waals surface area contributed by atoms with Gasteiger partial charge in [0.05, 0.1) is 5.39 Å². The summed E-state index contributed by atoms with van der Waals surface area (Å²) >= 11 is 2.85. The monoisotopic (exact) mass is 425 g/mol. The normalized spacial score (nSPS) is 14.7. The minimum Gasteiger partial charge on any atom is -0.352 e. The Bertz CT molecular complexity index is 1130. The second kappa shape index (κ2) is 8.16. The van der Waals surface area contributed by atoms with E-state index < -0.39 is 5.25 Å². The zero-order chi connectivity index (χ0) is 20.5. The number of hydrogen-bond donors (Lipinski definition) is 1. The maximum atomic E-state index is 13.2. The van der Waals surface area contributed by atoms with E-state index in [-0.39, 0.29) is 17.5 Å². The fraction of sp³-hybridized carbons (Fsp3) is 0.318. The number of benzene rings is 1. The maximum absolute atomic E-state index is 13.2. The fourth-order valence-electron chi connectivity index (χ4n) is 3.20. The van der Waals surface area contributed by atoms with Crippen molar-refractivity contribution in [3.05, 3.63) is 69.3 Å². The van der Waals surface area contributed by atoms with Crippen LogP contribution in [0.1, 0.15) is 34.1 Å². The highest BCUT2D eigenvalue weighted by Crippen LogP contribution is 2.37. The summed E-state index contributed by atoms with van der Waals surface area (Å²) in [6.45, 7) is 8.10. The highest BCUT2D eigenvalue weighted by Gasteiger charge is 2.30. The highest BCUT2D eigenvalue weighted by atomic mass is 32.2. The van der Waals surface area contributed by atoms with E-state index in [1.165, 1.54) is 23.1 Å². The Morgan fingerprint density at radius 3 is 2.76 bits per heavy atom. The van der Waals surface area contributed by atoms with Crippen LogP contribution in [0.3, 0.4) is 0 Å². The molecule has 0 saturated heterocycles. The summed E-state index contributed by atoms with van der Waals surface area (Å²) in [4.78, 5) is 32.8. The summed E-state index contributed by atoms with van der Waals surface area (Å²) in [5.41, 5.74) is 1.80. The van der Waals surface area contributed by atoms with Gasteiger partial charge in [0.1, 0.15) is 10.1 Å². The predicted molar refractivity (Wildman–Crippen MR) is 120 cm³/mol. The van der Waals surface area contributed by atoms with E-state index in [0.717, 1.165) is 33.7 Å². The molecule has 2 heterocycles. The Labute approximate surface area is 177 Å². The van der Waals surface area contributed by atoms with Gasteiger partial charge in [0, 0.05) is 17.5 Å². The van der Waals surface area contributed by atoms with Crippen LogP contribution in [0.15, 0.2) is 52.9 Å². The maximum Gasteiger partial charge on any atom is 0.263 e. The minimum atomic E-state index is -0.473. The first-order valence-corrected chi connectivity index (χ1v) is 11.3. The number of aromatic nitrogens is 2. The van der Waals surface area contributed by atoms with Gasteiger partial charge in [-0.1, -0.05) is 48.2 Å². The van der Waals surface area contributed by atoms with E-state index in [2.05, 4.69) is 11.9 Å². The molecule has 0 spiro atoms. The molecule has 4 rings (SSSR count). The third kappa shape index (κ3) is 4.02. The number of allylic oxidation sites excluding steroid dienone is 1. The van der Waals surface area contributed by atoms with Crippen LogP contribution in [0.5, 0.6) is 0 Å². The molecular weight excluding hydrogens is 402 g/mol. The van der Waals surface area contributed by atoms with Gasteiger partial charge in [-0.25, -0.2) is 4.98 Å². The van der Waals surface area contributed by atoms with E-state index in [1.54, 1.807) is 10.6 Å². The number of rotatable bonds is 7. The molecule has 0 aliphatic heterocycles. The van der Waals surface area contributed by atoms with Crippen molar-refractivity contribution in [1.29, 1.82) is 0 Å². The molecule has 2 aromatic heterocycles. The molecule has 1 atom stereocenters. The largest absolute Gasteiger partial charge is 0.352 e. The molecule has 1 N–H and O–H groups in total. The zero-order valence-corrected chi connectivity index (χ0v) is 18.1. The van der Waals surface area contributed by atoms with Crippen molar-refractivity contribution >= 4 is 39.2 Å². The number of nitrogens with one attached hydrogen (secondary N) is 1. The number of carbonyl (C=O) groups is 1. The van der Waals surface area contributed by atoms with Crippen molar-refractivity contribution < 1.29 is 4.79 Å². The number of carbonyl (C=O) groups excluding carboxylic acids is 1. The summed E-state index contributed by atoms with van der Waals surface area (Å²) in [5, 5.41) is 3.83. The first-order chi connectivity index (χ1) is 14.0. The van der Waals surface area contributed by atoms with E-state index in [4.69, 9.17) is 4.98 Å². The molecule has 29 heavy (non-hydrogen) atoms. The van der Waals surface area contributed by atoms with Crippen LogP contribution < -0.4 is 10.9 Å².